The molecule has 0 radical (unpaired) electrons. The number of carboxylic acids is 4. The fraction of sp³-hybridized carbons (Fsp3) is 0.636. The van der Waals surface area contributed by atoms with E-state index in [2.05, 4.69) is 0 Å². The molecule has 130 valence electrons. The van der Waals surface area contributed by atoms with Crippen molar-refractivity contribution in [3.8, 4) is 0 Å². The molecule has 0 rings (SSSR count). The van der Waals surface area contributed by atoms with Gasteiger partial charge in [-0.05, 0) is 19.5 Å². The van der Waals surface area contributed by atoms with Crippen molar-refractivity contribution in [1.29, 1.82) is 0 Å². The molecule has 0 saturated heterocycles. The van der Waals surface area contributed by atoms with Gasteiger partial charge in [-0.2, -0.15) is 0 Å². The topological polar surface area (TPSA) is 201 Å². The van der Waals surface area contributed by atoms with E-state index in [1.807, 2.05) is 0 Å². The summed E-state index contributed by atoms with van der Waals surface area (Å²) >= 11 is 0. The maximum atomic E-state index is 9.00. The van der Waals surface area contributed by atoms with Gasteiger partial charge in [0, 0.05) is 27.7 Å². The molecule has 0 aliphatic rings. The summed E-state index contributed by atoms with van der Waals surface area (Å²) in [6.45, 7) is 5.77. The number of carbonyl (C=O) groups is 4. The second-order valence-electron chi connectivity index (χ2n) is 3.01. The third-order valence-corrected chi connectivity index (χ3v) is 0.408. The third kappa shape index (κ3) is 3200. The van der Waals surface area contributed by atoms with Crippen molar-refractivity contribution < 1.29 is 39.6 Å². The van der Waals surface area contributed by atoms with Gasteiger partial charge in [0.25, 0.3) is 23.9 Å². The number of rotatable bonds is 2. The molecule has 0 aromatic carbocycles. The molecular formula is C11H27KN2O8. The first-order chi connectivity index (χ1) is 9.34. The monoisotopic (exact) mass is 354 g/mol. The van der Waals surface area contributed by atoms with Crippen LogP contribution in [-0.4, -0.2) is 109 Å². The zero-order chi connectivity index (χ0) is 18.4. The second kappa shape index (κ2) is 37.0. The standard InChI is InChI=1S/C3H10N2.4C2H4O2.K.H/c4-2-1-3-5;4*1-2(3)4;;/h1-5H2;4*1H3,(H,3,4);;. The second-order valence-corrected chi connectivity index (χ2v) is 3.01. The SMILES string of the molecule is CC(=O)O.CC(=O)O.CC(=O)O.CC(=O)O.NCCCN.[KH]. The predicted molar refractivity (Wildman–Crippen MR) is 83.1 cm³/mol. The van der Waals surface area contributed by atoms with E-state index in [1.165, 1.54) is 0 Å². The molecule has 0 bridgehead atoms. The van der Waals surface area contributed by atoms with Crippen molar-refractivity contribution >= 4 is 75.3 Å². The molecule has 10 nitrogen and oxygen atoms in total. The van der Waals surface area contributed by atoms with E-state index in [-0.39, 0.29) is 51.4 Å². The third-order valence-electron chi connectivity index (χ3n) is 0.408. The maximum absolute atomic E-state index is 9.00. The number of aliphatic carboxylic acids is 4. The molecular weight excluding hydrogens is 327 g/mol. The molecule has 0 saturated carbocycles. The van der Waals surface area contributed by atoms with Gasteiger partial charge in [0.05, 0.1) is 0 Å². The quantitative estimate of drug-likeness (QED) is 0.334. The summed E-state index contributed by atoms with van der Waals surface area (Å²) < 4.78 is 0. The van der Waals surface area contributed by atoms with Crippen molar-refractivity contribution in [3.63, 3.8) is 0 Å². The Labute approximate surface area is 172 Å². The van der Waals surface area contributed by atoms with Crippen LogP contribution in [-0.2, 0) is 19.2 Å². The molecule has 0 aliphatic heterocycles. The van der Waals surface area contributed by atoms with Crippen LogP contribution in [0.2, 0.25) is 0 Å². The number of carboxylic acid groups (broad SMARTS) is 4. The summed E-state index contributed by atoms with van der Waals surface area (Å²) in [7, 11) is 0. The van der Waals surface area contributed by atoms with Gasteiger partial charge in [-0.25, -0.2) is 0 Å². The predicted octanol–water partition coefficient (Wildman–Crippen LogP) is -0.991. The Morgan fingerprint density at radius 3 is 0.727 bits per heavy atom. The van der Waals surface area contributed by atoms with Gasteiger partial charge in [0.15, 0.2) is 0 Å². The Bertz CT molecular complexity index is 209. The summed E-state index contributed by atoms with van der Waals surface area (Å²) in [5.74, 6) is -3.33. The van der Waals surface area contributed by atoms with Gasteiger partial charge in [-0.15, -0.1) is 0 Å². The van der Waals surface area contributed by atoms with E-state index in [0.29, 0.717) is 0 Å². The first kappa shape index (κ1) is 37.6. The zero-order valence-corrected chi connectivity index (χ0v) is 12.7. The van der Waals surface area contributed by atoms with Crippen LogP contribution in [0.1, 0.15) is 34.1 Å². The molecule has 0 unspecified atom stereocenters. The summed E-state index contributed by atoms with van der Waals surface area (Å²) in [6.07, 6.45) is 0.944. The van der Waals surface area contributed by atoms with Gasteiger partial charge < -0.3 is 31.9 Å². The van der Waals surface area contributed by atoms with E-state index in [4.69, 9.17) is 51.1 Å². The molecule has 0 aliphatic carbocycles. The van der Waals surface area contributed by atoms with Crippen LogP contribution in [0.15, 0.2) is 0 Å². The van der Waals surface area contributed by atoms with Crippen LogP contribution >= 0.6 is 0 Å². The van der Waals surface area contributed by atoms with Crippen molar-refractivity contribution in [2.24, 2.45) is 11.5 Å². The van der Waals surface area contributed by atoms with Crippen molar-refractivity contribution in [2.45, 2.75) is 34.1 Å². The molecule has 0 fully saturated rings. The zero-order valence-electron chi connectivity index (χ0n) is 12.7. The Kier molecular flexibility index (Phi) is 63.3. The average molecular weight is 354 g/mol. The first-order valence-corrected chi connectivity index (χ1v) is 5.53. The molecule has 0 aromatic rings. The summed E-state index contributed by atoms with van der Waals surface area (Å²) in [6, 6.07) is 0. The Hall–Kier alpha value is -0.564. The molecule has 0 spiro atoms. The number of hydrogen-bond acceptors (Lipinski definition) is 6. The summed E-state index contributed by atoms with van der Waals surface area (Å²) in [4.78, 5) is 36.0. The van der Waals surface area contributed by atoms with E-state index in [1.54, 1.807) is 0 Å². The minimum atomic E-state index is -0.833. The molecule has 0 aromatic heterocycles. The number of hydrogen-bond donors (Lipinski definition) is 6. The van der Waals surface area contributed by atoms with E-state index in [9.17, 15) is 0 Å². The van der Waals surface area contributed by atoms with Gasteiger partial charge in [-0.3, -0.25) is 19.2 Å². The molecule has 11 heteroatoms. The number of nitrogens with two attached hydrogens (primary N) is 2. The van der Waals surface area contributed by atoms with E-state index >= 15 is 0 Å². The first-order valence-electron chi connectivity index (χ1n) is 5.53. The van der Waals surface area contributed by atoms with Crippen LogP contribution < -0.4 is 11.5 Å². The Balaban J connectivity index is -0.0000000361. The van der Waals surface area contributed by atoms with Gasteiger partial charge in [0.2, 0.25) is 0 Å². The van der Waals surface area contributed by atoms with Crippen molar-refractivity contribution in [2.75, 3.05) is 13.1 Å². The molecule has 8 N–H and O–H groups in total. The van der Waals surface area contributed by atoms with Gasteiger partial charge in [0.1, 0.15) is 0 Å². The molecule has 22 heavy (non-hydrogen) atoms. The molecule has 0 atom stereocenters. The molecule has 0 heterocycles. The minimum absolute atomic E-state index is 0. The van der Waals surface area contributed by atoms with Crippen LogP contribution in [0, 0.1) is 0 Å². The summed E-state index contributed by atoms with van der Waals surface area (Å²) in [5, 5.41) is 29.7. The average Bonchev–Trinajstić information content (AvgIpc) is 2.14. The van der Waals surface area contributed by atoms with Crippen LogP contribution in [0.4, 0.5) is 0 Å². The Morgan fingerprint density at radius 2 is 0.727 bits per heavy atom. The van der Waals surface area contributed by atoms with Crippen molar-refractivity contribution in [1.82, 2.24) is 0 Å². The fourth-order valence-corrected chi connectivity index (χ4v) is 0.118. The Morgan fingerprint density at radius 1 is 0.636 bits per heavy atom. The van der Waals surface area contributed by atoms with E-state index in [0.717, 1.165) is 47.2 Å². The fourth-order valence-electron chi connectivity index (χ4n) is 0.118. The van der Waals surface area contributed by atoms with Crippen LogP contribution in [0.3, 0.4) is 0 Å². The normalized spacial score (nSPS) is 6.45. The summed E-state index contributed by atoms with van der Waals surface area (Å²) in [5.41, 5.74) is 10.1. The van der Waals surface area contributed by atoms with E-state index < -0.39 is 23.9 Å². The van der Waals surface area contributed by atoms with Crippen molar-refractivity contribution in [3.05, 3.63) is 0 Å². The van der Waals surface area contributed by atoms with Gasteiger partial charge >= 0.3 is 51.4 Å². The van der Waals surface area contributed by atoms with Gasteiger partial charge in [-0.1, -0.05) is 0 Å². The van der Waals surface area contributed by atoms with Crippen LogP contribution in [0.5, 0.6) is 0 Å². The van der Waals surface area contributed by atoms with Crippen LogP contribution in [0.25, 0.3) is 0 Å². The molecule has 0 amide bonds.